The summed E-state index contributed by atoms with van der Waals surface area (Å²) in [7, 11) is 0. The van der Waals surface area contributed by atoms with Gasteiger partial charge in [-0.05, 0) is 17.7 Å². The van der Waals surface area contributed by atoms with Crippen LogP contribution < -0.4 is 16.0 Å². The number of aromatic carboxylic acids is 1. The number of thiophene rings is 1. The highest BCUT2D eigenvalue weighted by atomic mass is 32.1. The van der Waals surface area contributed by atoms with Crippen molar-refractivity contribution in [3.8, 4) is 0 Å². The second-order valence-electron chi connectivity index (χ2n) is 6.76. The Morgan fingerprint density at radius 3 is 2.44 bits per heavy atom. The molecule has 32 heavy (non-hydrogen) atoms. The number of ether oxygens (including phenoxy) is 1. The van der Waals surface area contributed by atoms with Crippen molar-refractivity contribution >= 4 is 46.0 Å². The topological polar surface area (TPSA) is 171 Å². The van der Waals surface area contributed by atoms with Crippen molar-refractivity contribution in [2.75, 3.05) is 18.4 Å². The molecular formula is C20H19N3O8S. The number of aliphatic carboxylic acids is 1. The molecule has 12 heteroatoms. The Balaban J connectivity index is 1.56. The molecular weight excluding hydrogens is 442 g/mol. The molecule has 0 bridgehead atoms. The van der Waals surface area contributed by atoms with Gasteiger partial charge in [-0.25, -0.2) is 9.59 Å². The van der Waals surface area contributed by atoms with E-state index in [4.69, 9.17) is 9.84 Å². The maximum atomic E-state index is 12.1. The first kappa shape index (κ1) is 22.9. The summed E-state index contributed by atoms with van der Waals surface area (Å²) in [6.07, 6.45) is -0.389. The van der Waals surface area contributed by atoms with Gasteiger partial charge in [-0.3, -0.25) is 14.4 Å². The average Bonchev–Trinajstić information content (AvgIpc) is 3.13. The third kappa shape index (κ3) is 5.47. The molecule has 2 heterocycles. The lowest BCUT2D eigenvalue weighted by Crippen LogP contribution is -2.42. The van der Waals surface area contributed by atoms with Gasteiger partial charge in [0, 0.05) is 23.4 Å². The summed E-state index contributed by atoms with van der Waals surface area (Å²) in [5, 5.41) is 25.4. The van der Waals surface area contributed by atoms with E-state index in [9.17, 15) is 29.1 Å². The average molecular weight is 461 g/mol. The molecule has 1 atom stereocenters. The summed E-state index contributed by atoms with van der Waals surface area (Å²) >= 11 is 0.936. The predicted octanol–water partition coefficient (Wildman–Crippen LogP) is 0.457. The molecule has 0 spiro atoms. The molecule has 0 saturated heterocycles. The standard InChI is InChI=1S/C20H19N3O8S/c24-14(8-22-16(25)10-4-2-1-3-5-10)21-7-11-6-12-13(9-31-11)32-18(15(12)19(27)28)23-17(26)20(29)30/h1-5,11H,6-9H2,(H,21,24)(H,22,25)(H,23,26)(H,27,28)(H,29,30). The molecule has 1 unspecified atom stereocenters. The maximum Gasteiger partial charge on any atom is 0.394 e. The van der Waals surface area contributed by atoms with Crippen molar-refractivity contribution in [3.63, 3.8) is 0 Å². The monoisotopic (exact) mass is 461 g/mol. The van der Waals surface area contributed by atoms with Gasteiger partial charge in [0.25, 0.3) is 5.91 Å². The van der Waals surface area contributed by atoms with Crippen molar-refractivity contribution in [1.82, 2.24) is 10.6 Å². The normalized spacial score (nSPS) is 14.7. The third-order valence-electron chi connectivity index (χ3n) is 4.58. The van der Waals surface area contributed by atoms with Gasteiger partial charge >= 0.3 is 17.8 Å². The van der Waals surface area contributed by atoms with Crippen LogP contribution in [0.4, 0.5) is 5.00 Å². The van der Waals surface area contributed by atoms with Crippen LogP contribution in [0.15, 0.2) is 30.3 Å². The Morgan fingerprint density at radius 1 is 1.06 bits per heavy atom. The summed E-state index contributed by atoms with van der Waals surface area (Å²) < 4.78 is 5.64. The molecule has 11 nitrogen and oxygen atoms in total. The number of benzene rings is 1. The van der Waals surface area contributed by atoms with E-state index >= 15 is 0 Å². The van der Waals surface area contributed by atoms with Gasteiger partial charge in [-0.1, -0.05) is 18.2 Å². The lowest BCUT2D eigenvalue weighted by atomic mass is 10.0. The van der Waals surface area contributed by atoms with E-state index in [0.29, 0.717) is 16.0 Å². The first-order valence-electron chi connectivity index (χ1n) is 9.40. The number of hydrogen-bond donors (Lipinski definition) is 5. The van der Waals surface area contributed by atoms with Gasteiger partial charge in [-0.15, -0.1) is 11.3 Å². The highest BCUT2D eigenvalue weighted by Crippen LogP contribution is 2.37. The Morgan fingerprint density at radius 2 is 1.78 bits per heavy atom. The smallest absolute Gasteiger partial charge is 0.394 e. The van der Waals surface area contributed by atoms with Crippen molar-refractivity contribution < 1.29 is 38.9 Å². The van der Waals surface area contributed by atoms with Crippen molar-refractivity contribution in [2.24, 2.45) is 0 Å². The molecule has 3 amide bonds. The molecule has 3 rings (SSSR count). The molecule has 5 N–H and O–H groups in total. The Bertz CT molecular complexity index is 1070. The van der Waals surface area contributed by atoms with E-state index in [0.717, 1.165) is 11.3 Å². The second-order valence-corrected chi connectivity index (χ2v) is 7.87. The van der Waals surface area contributed by atoms with Crippen LogP contribution in [-0.2, 0) is 32.1 Å². The van der Waals surface area contributed by atoms with E-state index in [1.807, 2.05) is 0 Å². The van der Waals surface area contributed by atoms with Crippen LogP contribution in [0, 0.1) is 0 Å². The van der Waals surface area contributed by atoms with E-state index in [-0.39, 0.29) is 42.6 Å². The molecule has 1 aliphatic heterocycles. The summed E-state index contributed by atoms with van der Waals surface area (Å²) in [5.41, 5.74) is 0.660. The Labute approximate surface area is 185 Å². The number of carboxylic acid groups (broad SMARTS) is 2. The second kappa shape index (κ2) is 10.0. The van der Waals surface area contributed by atoms with Crippen LogP contribution >= 0.6 is 11.3 Å². The minimum Gasteiger partial charge on any atom is -0.478 e. The van der Waals surface area contributed by atoms with Crippen molar-refractivity contribution in [3.05, 3.63) is 51.9 Å². The van der Waals surface area contributed by atoms with Crippen LogP contribution in [0.1, 0.15) is 31.2 Å². The number of amides is 3. The minimum absolute atomic E-state index is 0.0501. The number of fused-ring (bicyclic) bond motifs is 1. The third-order valence-corrected chi connectivity index (χ3v) is 5.70. The summed E-state index contributed by atoms with van der Waals surface area (Å²) in [6.45, 7) is -0.115. The van der Waals surface area contributed by atoms with Crippen LogP contribution in [0.25, 0.3) is 0 Å². The Kier molecular flexibility index (Phi) is 7.18. The number of rotatable bonds is 7. The summed E-state index contributed by atoms with van der Waals surface area (Å²) in [6, 6.07) is 8.42. The minimum atomic E-state index is -1.73. The first-order chi connectivity index (χ1) is 15.3. The lowest BCUT2D eigenvalue weighted by Gasteiger charge is -2.23. The molecule has 168 valence electrons. The summed E-state index contributed by atoms with van der Waals surface area (Å²) in [4.78, 5) is 58.5. The quantitative estimate of drug-likeness (QED) is 0.370. The molecule has 0 aliphatic carbocycles. The summed E-state index contributed by atoms with van der Waals surface area (Å²) in [5.74, 6) is -5.21. The zero-order valence-corrected chi connectivity index (χ0v) is 17.4. The van der Waals surface area contributed by atoms with Gasteiger partial charge in [0.2, 0.25) is 5.91 Å². The zero-order chi connectivity index (χ0) is 23.3. The van der Waals surface area contributed by atoms with Gasteiger partial charge in [0.15, 0.2) is 0 Å². The fourth-order valence-electron chi connectivity index (χ4n) is 3.07. The van der Waals surface area contributed by atoms with Gasteiger partial charge < -0.3 is 30.9 Å². The zero-order valence-electron chi connectivity index (χ0n) is 16.5. The van der Waals surface area contributed by atoms with Gasteiger partial charge in [-0.2, -0.15) is 0 Å². The number of carbonyl (C=O) groups excluding carboxylic acids is 3. The van der Waals surface area contributed by atoms with Crippen LogP contribution in [0.2, 0.25) is 0 Å². The maximum absolute atomic E-state index is 12.1. The van der Waals surface area contributed by atoms with E-state index < -0.39 is 29.9 Å². The predicted molar refractivity (Wildman–Crippen MR) is 112 cm³/mol. The van der Waals surface area contributed by atoms with E-state index in [2.05, 4.69) is 16.0 Å². The number of carbonyl (C=O) groups is 5. The molecule has 1 aromatic carbocycles. The molecule has 1 aliphatic rings. The number of nitrogens with one attached hydrogen (secondary N) is 3. The largest absolute Gasteiger partial charge is 0.478 e. The van der Waals surface area contributed by atoms with Crippen molar-refractivity contribution in [1.29, 1.82) is 0 Å². The molecule has 1 aromatic heterocycles. The highest BCUT2D eigenvalue weighted by molar-refractivity contribution is 7.17. The molecule has 2 aromatic rings. The van der Waals surface area contributed by atoms with Crippen LogP contribution in [-0.4, -0.2) is 59.1 Å². The fourth-order valence-corrected chi connectivity index (χ4v) is 4.21. The lowest BCUT2D eigenvalue weighted by molar-refractivity contribution is -0.147. The number of carboxylic acids is 2. The first-order valence-corrected chi connectivity index (χ1v) is 10.2. The number of hydrogen-bond acceptors (Lipinski definition) is 7. The molecule has 0 radical (unpaired) electrons. The highest BCUT2D eigenvalue weighted by Gasteiger charge is 2.31. The molecule has 0 saturated carbocycles. The Hall–Kier alpha value is -3.77. The van der Waals surface area contributed by atoms with E-state index in [1.165, 1.54) is 0 Å². The SMILES string of the molecule is O=C(CNC(=O)c1ccccc1)NCC1Cc2c(sc(NC(=O)C(=O)O)c2C(=O)O)CO1. The fraction of sp³-hybridized carbons (Fsp3) is 0.250. The van der Waals surface area contributed by atoms with Crippen LogP contribution in [0.3, 0.4) is 0 Å². The number of anilines is 1. The van der Waals surface area contributed by atoms with Gasteiger partial charge in [0.1, 0.15) is 5.00 Å². The van der Waals surface area contributed by atoms with E-state index in [1.54, 1.807) is 30.3 Å². The van der Waals surface area contributed by atoms with Crippen molar-refractivity contribution in [2.45, 2.75) is 19.1 Å². The molecule has 0 fully saturated rings. The van der Waals surface area contributed by atoms with Gasteiger partial charge in [0.05, 0.1) is 24.8 Å². The van der Waals surface area contributed by atoms with Crippen LogP contribution in [0.5, 0.6) is 0 Å².